The van der Waals surface area contributed by atoms with Gasteiger partial charge in [-0.25, -0.2) is 28.1 Å². The van der Waals surface area contributed by atoms with E-state index in [-0.39, 0.29) is 11.4 Å². The average Bonchev–Trinajstić information content (AvgIpc) is 2.66. The molecule has 0 aliphatic heterocycles. The normalized spacial score (nSPS) is 11.2. The van der Waals surface area contributed by atoms with E-state index in [9.17, 15) is 8.42 Å². The summed E-state index contributed by atoms with van der Waals surface area (Å²) in [5.41, 5.74) is 2.10. The highest BCUT2D eigenvalue weighted by molar-refractivity contribution is 7.89. The topological polar surface area (TPSA) is 109 Å². The minimum absolute atomic E-state index is 0.225. The maximum Gasteiger partial charge on any atom is 0.240 e. The molecule has 0 saturated carbocycles. The van der Waals surface area contributed by atoms with Gasteiger partial charge in [-0.2, -0.15) is 0 Å². The standard InChI is InChI=1S/C19H22N6O2S/c1-14-3-5-16(6-4-14)28(26,27)24-10-9-21-17-12-19(23-13-22-17)25-18-11-15(2)7-8-20-18/h3-8,11-13,24H,9-10H2,1-2H3,(H2,20,21,22,23,25). The summed E-state index contributed by atoms with van der Waals surface area (Å²) < 4.78 is 27.1. The molecule has 0 unspecified atom stereocenters. The Balaban J connectivity index is 1.53. The third kappa shape index (κ3) is 5.48. The van der Waals surface area contributed by atoms with Crippen LogP contribution in [0.1, 0.15) is 11.1 Å². The summed E-state index contributed by atoms with van der Waals surface area (Å²) in [4.78, 5) is 12.8. The van der Waals surface area contributed by atoms with Crippen LogP contribution >= 0.6 is 0 Å². The zero-order chi connectivity index (χ0) is 20.0. The van der Waals surface area contributed by atoms with Gasteiger partial charge in [0.1, 0.15) is 23.8 Å². The molecule has 0 aliphatic rings. The fourth-order valence-electron chi connectivity index (χ4n) is 2.43. The van der Waals surface area contributed by atoms with E-state index in [0.717, 1.165) is 11.1 Å². The van der Waals surface area contributed by atoms with Crippen molar-refractivity contribution in [2.45, 2.75) is 18.7 Å². The molecule has 0 spiro atoms. The first-order valence-corrected chi connectivity index (χ1v) is 10.2. The summed E-state index contributed by atoms with van der Waals surface area (Å²) in [7, 11) is -3.53. The molecule has 0 fully saturated rings. The van der Waals surface area contributed by atoms with Crippen molar-refractivity contribution in [2.75, 3.05) is 23.7 Å². The van der Waals surface area contributed by atoms with Crippen molar-refractivity contribution in [3.05, 3.63) is 66.1 Å². The van der Waals surface area contributed by atoms with Gasteiger partial charge in [0.15, 0.2) is 0 Å². The van der Waals surface area contributed by atoms with Gasteiger partial charge in [-0.1, -0.05) is 17.7 Å². The first-order chi connectivity index (χ1) is 13.4. The van der Waals surface area contributed by atoms with Crippen molar-refractivity contribution in [1.29, 1.82) is 0 Å². The third-order valence-corrected chi connectivity index (χ3v) is 5.37. The van der Waals surface area contributed by atoms with Gasteiger partial charge in [0, 0.05) is 25.4 Å². The van der Waals surface area contributed by atoms with Crippen molar-refractivity contribution in [3.63, 3.8) is 0 Å². The first kappa shape index (κ1) is 19.7. The van der Waals surface area contributed by atoms with Crippen LogP contribution in [-0.2, 0) is 10.0 Å². The van der Waals surface area contributed by atoms with Crippen LogP contribution in [0.2, 0.25) is 0 Å². The van der Waals surface area contributed by atoms with E-state index in [1.807, 2.05) is 26.0 Å². The molecule has 0 radical (unpaired) electrons. The van der Waals surface area contributed by atoms with Crippen LogP contribution in [0.5, 0.6) is 0 Å². The summed E-state index contributed by atoms with van der Waals surface area (Å²) in [6, 6.07) is 12.3. The first-order valence-electron chi connectivity index (χ1n) is 8.74. The lowest BCUT2D eigenvalue weighted by atomic mass is 10.2. The van der Waals surface area contributed by atoms with E-state index in [2.05, 4.69) is 30.3 Å². The van der Waals surface area contributed by atoms with Crippen molar-refractivity contribution in [3.8, 4) is 0 Å². The number of rotatable bonds is 8. The maximum absolute atomic E-state index is 12.3. The monoisotopic (exact) mass is 398 g/mol. The lowest BCUT2D eigenvalue weighted by molar-refractivity contribution is 0.583. The van der Waals surface area contributed by atoms with E-state index >= 15 is 0 Å². The predicted molar refractivity (Wildman–Crippen MR) is 109 cm³/mol. The summed E-state index contributed by atoms with van der Waals surface area (Å²) in [5.74, 6) is 1.87. The zero-order valence-corrected chi connectivity index (χ0v) is 16.5. The third-order valence-electron chi connectivity index (χ3n) is 3.89. The van der Waals surface area contributed by atoms with Crippen molar-refractivity contribution in [1.82, 2.24) is 19.7 Å². The minimum Gasteiger partial charge on any atom is -0.369 e. The molecule has 9 heteroatoms. The molecule has 3 aromatic rings. The molecule has 3 N–H and O–H groups in total. The van der Waals surface area contributed by atoms with E-state index < -0.39 is 10.0 Å². The van der Waals surface area contributed by atoms with E-state index in [1.165, 1.54) is 6.33 Å². The van der Waals surface area contributed by atoms with Crippen LogP contribution in [-0.4, -0.2) is 36.5 Å². The second-order valence-corrected chi connectivity index (χ2v) is 8.04. The molecule has 2 heterocycles. The lowest BCUT2D eigenvalue weighted by Crippen LogP contribution is -2.29. The molecular formula is C19H22N6O2S. The molecule has 0 amide bonds. The van der Waals surface area contributed by atoms with Crippen LogP contribution in [0.4, 0.5) is 17.5 Å². The average molecular weight is 398 g/mol. The number of hydrogen-bond acceptors (Lipinski definition) is 7. The van der Waals surface area contributed by atoms with Gasteiger partial charge >= 0.3 is 0 Å². The van der Waals surface area contributed by atoms with E-state index in [1.54, 1.807) is 36.5 Å². The Labute approximate surface area is 164 Å². The van der Waals surface area contributed by atoms with Crippen molar-refractivity contribution >= 4 is 27.5 Å². The smallest absolute Gasteiger partial charge is 0.240 e. The number of anilines is 3. The van der Waals surface area contributed by atoms with Crippen molar-refractivity contribution in [2.24, 2.45) is 0 Å². The SMILES string of the molecule is Cc1ccc(S(=O)(=O)NCCNc2cc(Nc3cc(C)ccn3)ncn2)cc1. The number of nitrogens with one attached hydrogen (secondary N) is 3. The minimum atomic E-state index is -3.53. The lowest BCUT2D eigenvalue weighted by Gasteiger charge is -2.10. The van der Waals surface area contributed by atoms with Gasteiger partial charge in [0.25, 0.3) is 0 Å². The summed E-state index contributed by atoms with van der Waals surface area (Å²) in [6.45, 7) is 4.50. The van der Waals surface area contributed by atoms with Crippen LogP contribution in [0.15, 0.2) is 59.9 Å². The van der Waals surface area contributed by atoms with E-state index in [0.29, 0.717) is 24.0 Å². The summed E-state index contributed by atoms with van der Waals surface area (Å²) in [5, 5.41) is 6.19. The number of nitrogens with zero attached hydrogens (tertiary/aromatic N) is 3. The Hall–Kier alpha value is -3.04. The van der Waals surface area contributed by atoms with Crippen LogP contribution in [0.3, 0.4) is 0 Å². The molecule has 0 bridgehead atoms. The Morgan fingerprint density at radius 1 is 0.821 bits per heavy atom. The quantitative estimate of drug-likeness (QED) is 0.501. The van der Waals surface area contributed by atoms with Crippen LogP contribution in [0, 0.1) is 13.8 Å². The summed E-state index contributed by atoms with van der Waals surface area (Å²) in [6.07, 6.45) is 3.15. The summed E-state index contributed by atoms with van der Waals surface area (Å²) >= 11 is 0. The fourth-order valence-corrected chi connectivity index (χ4v) is 3.47. The fraction of sp³-hybridized carbons (Fsp3) is 0.211. The second-order valence-electron chi connectivity index (χ2n) is 6.27. The Kier molecular flexibility index (Phi) is 6.17. The number of benzene rings is 1. The van der Waals surface area contributed by atoms with Crippen LogP contribution in [0.25, 0.3) is 0 Å². The number of sulfonamides is 1. The van der Waals surface area contributed by atoms with Gasteiger partial charge in [-0.15, -0.1) is 0 Å². The molecule has 2 aromatic heterocycles. The van der Waals surface area contributed by atoms with E-state index in [4.69, 9.17) is 0 Å². The molecule has 146 valence electrons. The largest absolute Gasteiger partial charge is 0.369 e. The van der Waals surface area contributed by atoms with Gasteiger partial charge in [0.2, 0.25) is 10.0 Å². The number of pyridine rings is 1. The Bertz CT molecular complexity index is 1040. The highest BCUT2D eigenvalue weighted by atomic mass is 32.2. The highest BCUT2D eigenvalue weighted by Gasteiger charge is 2.12. The number of hydrogen-bond donors (Lipinski definition) is 3. The van der Waals surface area contributed by atoms with Gasteiger partial charge in [-0.05, 0) is 43.7 Å². The maximum atomic E-state index is 12.3. The van der Waals surface area contributed by atoms with Gasteiger partial charge < -0.3 is 10.6 Å². The highest BCUT2D eigenvalue weighted by Crippen LogP contribution is 2.15. The van der Waals surface area contributed by atoms with Crippen molar-refractivity contribution < 1.29 is 8.42 Å². The molecule has 1 aromatic carbocycles. The van der Waals surface area contributed by atoms with Gasteiger partial charge in [0.05, 0.1) is 4.90 Å². The molecule has 8 nitrogen and oxygen atoms in total. The molecule has 3 rings (SSSR count). The molecule has 0 atom stereocenters. The number of aromatic nitrogens is 3. The van der Waals surface area contributed by atoms with Gasteiger partial charge in [-0.3, -0.25) is 0 Å². The Morgan fingerprint density at radius 3 is 2.29 bits per heavy atom. The zero-order valence-electron chi connectivity index (χ0n) is 15.7. The molecule has 0 aliphatic carbocycles. The van der Waals surface area contributed by atoms with Crippen LogP contribution < -0.4 is 15.4 Å². The molecule has 28 heavy (non-hydrogen) atoms. The second kappa shape index (κ2) is 8.77. The predicted octanol–water partition coefficient (Wildman–Crippen LogP) is 2.62. The number of aryl methyl sites for hydroxylation is 2. The molecular weight excluding hydrogens is 376 g/mol. The molecule has 0 saturated heterocycles. The Morgan fingerprint density at radius 2 is 1.54 bits per heavy atom.